The molecule has 1 aromatic heterocycles. The maximum Gasteiger partial charge on any atom is 0.253 e. The summed E-state index contributed by atoms with van der Waals surface area (Å²) in [5, 5.41) is 1.16. The molecule has 7 heteroatoms. The Morgan fingerprint density at radius 3 is 2.66 bits per heavy atom. The van der Waals surface area contributed by atoms with Gasteiger partial charge in [0.2, 0.25) is 0 Å². The van der Waals surface area contributed by atoms with Crippen molar-refractivity contribution >= 4 is 53.4 Å². The highest BCUT2D eigenvalue weighted by Gasteiger charge is 2.24. The van der Waals surface area contributed by atoms with Crippen molar-refractivity contribution in [2.45, 2.75) is 24.3 Å². The van der Waals surface area contributed by atoms with Crippen molar-refractivity contribution in [1.82, 2.24) is 9.88 Å². The molecule has 2 heterocycles. The highest BCUT2D eigenvalue weighted by molar-refractivity contribution is 7.98. The van der Waals surface area contributed by atoms with Crippen LogP contribution in [0.25, 0.3) is 22.2 Å². The fraction of sp³-hybridized carbons (Fsp3) is 0.273. The van der Waals surface area contributed by atoms with Gasteiger partial charge in [0.1, 0.15) is 0 Å². The van der Waals surface area contributed by atoms with E-state index in [4.69, 9.17) is 10.7 Å². The first-order valence-electron chi connectivity index (χ1n) is 9.16. The number of hydrogen-bond donors (Lipinski definition) is 1. The summed E-state index contributed by atoms with van der Waals surface area (Å²) in [6, 6.07) is 16.3. The van der Waals surface area contributed by atoms with E-state index in [-0.39, 0.29) is 36.8 Å². The molecule has 2 aromatic carbocycles. The first kappa shape index (κ1) is 23.5. The monoisotopic (exact) mass is 449 g/mol. The van der Waals surface area contributed by atoms with Crippen molar-refractivity contribution in [2.24, 2.45) is 5.73 Å². The van der Waals surface area contributed by atoms with Crippen molar-refractivity contribution in [3.8, 4) is 11.3 Å². The van der Waals surface area contributed by atoms with Crippen LogP contribution in [0.3, 0.4) is 0 Å². The number of hydrogen-bond acceptors (Lipinski definition) is 4. The maximum absolute atomic E-state index is 12.8. The van der Waals surface area contributed by atoms with Crippen molar-refractivity contribution < 1.29 is 4.79 Å². The Hall–Kier alpha value is -1.79. The van der Waals surface area contributed by atoms with Crippen LogP contribution in [-0.4, -0.2) is 41.2 Å². The van der Waals surface area contributed by atoms with Crippen LogP contribution < -0.4 is 5.73 Å². The summed E-state index contributed by atoms with van der Waals surface area (Å²) < 4.78 is 0. The molecule has 29 heavy (non-hydrogen) atoms. The second-order valence-electron chi connectivity index (χ2n) is 7.09. The third-order valence-corrected chi connectivity index (χ3v) is 5.87. The Morgan fingerprint density at radius 1 is 1.17 bits per heavy atom. The van der Waals surface area contributed by atoms with E-state index < -0.39 is 0 Å². The van der Waals surface area contributed by atoms with Gasteiger partial charge in [-0.25, -0.2) is 4.98 Å². The molecule has 1 aliphatic heterocycles. The van der Waals surface area contributed by atoms with Gasteiger partial charge in [0.05, 0.1) is 11.2 Å². The minimum atomic E-state index is 0. The Balaban J connectivity index is 0.00000150. The van der Waals surface area contributed by atoms with Gasteiger partial charge in [0.15, 0.2) is 0 Å². The quantitative estimate of drug-likeness (QED) is 0.574. The van der Waals surface area contributed by atoms with Gasteiger partial charge < -0.3 is 10.6 Å². The Bertz CT molecular complexity index is 1030. The summed E-state index contributed by atoms with van der Waals surface area (Å²) in [5.74, 6) is 0.0481. The maximum atomic E-state index is 12.8. The number of nitrogens with zero attached hydrogens (tertiary/aromatic N) is 2. The Morgan fingerprint density at radius 2 is 1.97 bits per heavy atom. The molecule has 0 saturated carbocycles. The minimum Gasteiger partial charge on any atom is -0.337 e. The largest absolute Gasteiger partial charge is 0.337 e. The lowest BCUT2D eigenvalue weighted by molar-refractivity contribution is 0.0791. The third-order valence-electron chi connectivity index (χ3n) is 5.14. The fourth-order valence-corrected chi connectivity index (χ4v) is 4.06. The highest BCUT2D eigenvalue weighted by atomic mass is 35.5. The van der Waals surface area contributed by atoms with Crippen LogP contribution in [0.15, 0.2) is 53.4 Å². The smallest absolute Gasteiger partial charge is 0.253 e. The van der Waals surface area contributed by atoms with E-state index >= 15 is 0 Å². The zero-order valence-corrected chi connectivity index (χ0v) is 18.9. The molecule has 1 aliphatic rings. The molecule has 1 unspecified atom stereocenters. The minimum absolute atomic E-state index is 0. The molecular formula is C22H25Cl2N3OS. The molecule has 1 fully saturated rings. The zero-order valence-electron chi connectivity index (χ0n) is 16.4. The van der Waals surface area contributed by atoms with Crippen LogP contribution in [0.2, 0.25) is 0 Å². The second kappa shape index (κ2) is 9.81. The average molecular weight is 450 g/mol. The molecule has 3 aromatic rings. The molecule has 0 aliphatic carbocycles. The number of fused-ring (bicyclic) bond motifs is 1. The van der Waals surface area contributed by atoms with Gasteiger partial charge in [-0.15, -0.1) is 36.6 Å². The summed E-state index contributed by atoms with van der Waals surface area (Å²) >= 11 is 1.71. The van der Waals surface area contributed by atoms with E-state index in [0.29, 0.717) is 12.1 Å². The lowest BCUT2D eigenvalue weighted by Gasteiger charge is -2.16. The van der Waals surface area contributed by atoms with Crippen LogP contribution in [-0.2, 0) is 0 Å². The van der Waals surface area contributed by atoms with E-state index in [1.165, 1.54) is 10.5 Å². The van der Waals surface area contributed by atoms with Crippen LogP contribution in [0, 0.1) is 6.92 Å². The number of thioether (sulfide) groups is 1. The lowest BCUT2D eigenvalue weighted by Crippen LogP contribution is -2.31. The first-order chi connectivity index (χ1) is 13.0. The number of benzene rings is 2. The van der Waals surface area contributed by atoms with E-state index in [0.717, 1.165) is 35.1 Å². The summed E-state index contributed by atoms with van der Waals surface area (Å²) in [6.45, 7) is 3.47. The number of nitrogens with two attached hydrogens (primary N) is 1. The van der Waals surface area contributed by atoms with Gasteiger partial charge in [-0.3, -0.25) is 4.79 Å². The first-order valence-corrected chi connectivity index (χ1v) is 10.4. The van der Waals surface area contributed by atoms with E-state index in [1.54, 1.807) is 11.8 Å². The van der Waals surface area contributed by atoms with E-state index in [2.05, 4.69) is 37.4 Å². The normalized spacial score (nSPS) is 15.7. The van der Waals surface area contributed by atoms with Gasteiger partial charge in [-0.2, -0.15) is 0 Å². The van der Waals surface area contributed by atoms with Crippen molar-refractivity contribution in [3.05, 3.63) is 59.7 Å². The molecule has 4 rings (SSSR count). The van der Waals surface area contributed by atoms with Crippen LogP contribution in [0.5, 0.6) is 0 Å². The number of likely N-dealkylation sites (tertiary alicyclic amines) is 1. The fourth-order valence-electron chi connectivity index (χ4n) is 3.62. The summed E-state index contributed by atoms with van der Waals surface area (Å²) in [6.07, 6.45) is 2.94. The molecule has 154 valence electrons. The molecule has 1 saturated heterocycles. The van der Waals surface area contributed by atoms with Gasteiger partial charge in [0.25, 0.3) is 5.91 Å². The Kier molecular flexibility index (Phi) is 7.94. The standard InChI is InChI=1S/C22H23N3OS.2ClH/c1-14-10-20(24-21-12-18(27-2)6-7-19(14)21)15-4-3-5-16(11-15)22(26)25-9-8-17(23)13-25;;/h3-7,10-12,17H,8-9,13,23H2,1-2H3;2*1H. The number of pyridine rings is 1. The van der Waals surface area contributed by atoms with Crippen LogP contribution >= 0.6 is 36.6 Å². The molecule has 4 nitrogen and oxygen atoms in total. The number of carbonyl (C=O) groups excluding carboxylic acids is 1. The average Bonchev–Trinajstić information content (AvgIpc) is 3.13. The molecule has 2 N–H and O–H groups in total. The summed E-state index contributed by atoms with van der Waals surface area (Å²) in [5.41, 5.74) is 10.7. The van der Waals surface area contributed by atoms with Crippen molar-refractivity contribution in [3.63, 3.8) is 0 Å². The number of rotatable bonds is 3. The van der Waals surface area contributed by atoms with Crippen LogP contribution in [0.4, 0.5) is 0 Å². The Labute approximate surface area is 188 Å². The second-order valence-corrected chi connectivity index (χ2v) is 7.97. The SMILES string of the molecule is CSc1ccc2c(C)cc(-c3cccc(C(=O)N4CCC(N)C4)c3)nc2c1.Cl.Cl. The predicted octanol–water partition coefficient (Wildman–Crippen LogP) is 4.95. The number of halogens is 2. The molecule has 0 radical (unpaired) electrons. The zero-order chi connectivity index (χ0) is 19.0. The number of aryl methyl sites for hydroxylation is 1. The molecule has 0 spiro atoms. The van der Waals surface area contributed by atoms with Gasteiger partial charge >= 0.3 is 0 Å². The van der Waals surface area contributed by atoms with E-state index in [1.807, 2.05) is 29.2 Å². The van der Waals surface area contributed by atoms with Crippen molar-refractivity contribution in [1.29, 1.82) is 0 Å². The van der Waals surface area contributed by atoms with Gasteiger partial charge in [0, 0.05) is 40.5 Å². The molecule has 0 bridgehead atoms. The van der Waals surface area contributed by atoms with Gasteiger partial charge in [-0.05, 0) is 55.5 Å². The summed E-state index contributed by atoms with van der Waals surface area (Å²) in [4.78, 5) is 20.7. The third kappa shape index (κ3) is 4.86. The highest BCUT2D eigenvalue weighted by Crippen LogP contribution is 2.28. The van der Waals surface area contributed by atoms with Gasteiger partial charge in [-0.1, -0.05) is 18.2 Å². The van der Waals surface area contributed by atoms with E-state index in [9.17, 15) is 4.79 Å². The topological polar surface area (TPSA) is 59.2 Å². The number of aromatic nitrogens is 1. The number of carbonyl (C=O) groups is 1. The van der Waals surface area contributed by atoms with Crippen molar-refractivity contribution in [2.75, 3.05) is 19.3 Å². The predicted molar refractivity (Wildman–Crippen MR) is 127 cm³/mol. The molecule has 1 atom stereocenters. The molecular weight excluding hydrogens is 425 g/mol. The molecule has 1 amide bonds. The van der Waals surface area contributed by atoms with Crippen LogP contribution in [0.1, 0.15) is 22.3 Å². The summed E-state index contributed by atoms with van der Waals surface area (Å²) in [7, 11) is 0. The lowest BCUT2D eigenvalue weighted by atomic mass is 10.0. The number of amides is 1.